The van der Waals surface area contributed by atoms with Crippen LogP contribution >= 0.6 is 0 Å². The molecule has 1 aromatic heterocycles. The molecule has 0 unspecified atom stereocenters. The van der Waals surface area contributed by atoms with Crippen LogP contribution in [0.2, 0.25) is 0 Å². The van der Waals surface area contributed by atoms with E-state index in [1.807, 2.05) is 18.2 Å². The van der Waals surface area contributed by atoms with Gasteiger partial charge < -0.3 is 10.3 Å². The number of hydrogen-bond donors (Lipinski definition) is 2. The number of sulfone groups is 1. The number of aromatic amines is 1. The van der Waals surface area contributed by atoms with Crippen molar-refractivity contribution in [1.82, 2.24) is 10.3 Å². The van der Waals surface area contributed by atoms with E-state index in [0.717, 1.165) is 23.7 Å². The molecule has 0 spiro atoms. The van der Waals surface area contributed by atoms with Gasteiger partial charge in [0, 0.05) is 28.2 Å². The first kappa shape index (κ1) is 15.7. The van der Waals surface area contributed by atoms with Crippen LogP contribution in [0.1, 0.15) is 41.4 Å². The van der Waals surface area contributed by atoms with Crippen molar-refractivity contribution in [2.24, 2.45) is 5.92 Å². The predicted molar refractivity (Wildman–Crippen MR) is 94.0 cm³/mol. The third-order valence-corrected chi connectivity index (χ3v) is 7.03. The second-order valence-corrected chi connectivity index (χ2v) is 9.49. The zero-order chi connectivity index (χ0) is 16.9. The molecular weight excluding hydrogens is 324 g/mol. The number of amides is 1. The molecule has 5 nitrogen and oxygen atoms in total. The smallest absolute Gasteiger partial charge is 0.251 e. The lowest BCUT2D eigenvalue weighted by Crippen LogP contribution is -2.35. The number of carbonyl (C=O) groups excluding carboxylic acids is 1. The molecule has 1 fully saturated rings. The van der Waals surface area contributed by atoms with E-state index in [0.29, 0.717) is 17.9 Å². The number of carbonyl (C=O) groups is 1. The number of rotatable bonds is 2. The van der Waals surface area contributed by atoms with Crippen molar-refractivity contribution in [3.63, 3.8) is 0 Å². The van der Waals surface area contributed by atoms with Crippen molar-refractivity contribution in [3.8, 4) is 0 Å². The Morgan fingerprint density at radius 1 is 1.29 bits per heavy atom. The molecule has 24 heavy (non-hydrogen) atoms. The summed E-state index contributed by atoms with van der Waals surface area (Å²) in [4.78, 5) is 16.0. The predicted octanol–water partition coefficient (Wildman–Crippen LogP) is 2.21. The number of hydrogen-bond acceptors (Lipinski definition) is 3. The van der Waals surface area contributed by atoms with Crippen LogP contribution in [-0.4, -0.2) is 36.9 Å². The van der Waals surface area contributed by atoms with Crippen LogP contribution in [0.15, 0.2) is 18.2 Å². The van der Waals surface area contributed by atoms with Gasteiger partial charge in [-0.1, -0.05) is 6.92 Å². The third kappa shape index (κ3) is 2.83. The monoisotopic (exact) mass is 346 g/mol. The van der Waals surface area contributed by atoms with Gasteiger partial charge in [0.05, 0.1) is 11.5 Å². The van der Waals surface area contributed by atoms with Crippen molar-refractivity contribution < 1.29 is 13.2 Å². The largest absolute Gasteiger partial charge is 0.358 e. The summed E-state index contributed by atoms with van der Waals surface area (Å²) in [6.45, 7) is 2.26. The summed E-state index contributed by atoms with van der Waals surface area (Å²) in [7, 11) is -2.99. The average Bonchev–Trinajstić information content (AvgIpc) is 3.06. The molecule has 2 aromatic rings. The Hall–Kier alpha value is -1.82. The Morgan fingerprint density at radius 2 is 2.12 bits per heavy atom. The lowest BCUT2D eigenvalue weighted by Gasteiger charge is -2.18. The Labute approximate surface area is 141 Å². The van der Waals surface area contributed by atoms with Crippen LogP contribution in [-0.2, 0) is 22.7 Å². The molecule has 0 saturated carbocycles. The molecule has 1 amide bonds. The second-order valence-electron chi connectivity index (χ2n) is 7.26. The molecule has 6 heteroatoms. The van der Waals surface area contributed by atoms with E-state index < -0.39 is 9.84 Å². The molecule has 1 aliphatic carbocycles. The van der Waals surface area contributed by atoms with Crippen LogP contribution in [0.4, 0.5) is 0 Å². The number of benzene rings is 1. The molecule has 2 N–H and O–H groups in total. The number of H-pyrrole nitrogens is 1. The van der Waals surface area contributed by atoms with Crippen LogP contribution < -0.4 is 5.32 Å². The second kappa shape index (κ2) is 5.62. The number of nitrogens with one attached hydrogen (secondary N) is 2. The Bertz CT molecular complexity index is 914. The molecule has 1 saturated heterocycles. The molecule has 0 bridgehead atoms. The fourth-order valence-corrected chi connectivity index (χ4v) is 5.58. The van der Waals surface area contributed by atoms with Gasteiger partial charge >= 0.3 is 0 Å². The van der Waals surface area contributed by atoms with Crippen LogP contribution in [0.3, 0.4) is 0 Å². The zero-order valence-corrected chi connectivity index (χ0v) is 14.6. The average molecular weight is 346 g/mol. The first-order valence-electron chi connectivity index (χ1n) is 8.56. The molecule has 1 aliphatic heterocycles. The van der Waals surface area contributed by atoms with Crippen molar-refractivity contribution >= 4 is 26.6 Å². The fraction of sp³-hybridized carbons (Fsp3) is 0.500. The highest BCUT2D eigenvalue weighted by atomic mass is 32.2. The van der Waals surface area contributed by atoms with E-state index >= 15 is 0 Å². The molecule has 2 atom stereocenters. The van der Waals surface area contributed by atoms with Gasteiger partial charge in [0.15, 0.2) is 9.84 Å². The maximum atomic E-state index is 12.5. The van der Waals surface area contributed by atoms with Gasteiger partial charge in [-0.2, -0.15) is 0 Å². The summed E-state index contributed by atoms with van der Waals surface area (Å²) in [6.07, 6.45) is 3.81. The summed E-state index contributed by atoms with van der Waals surface area (Å²) in [5.41, 5.74) is 4.31. The maximum Gasteiger partial charge on any atom is 0.251 e. The normalized spacial score (nSPS) is 25.5. The Morgan fingerprint density at radius 3 is 2.88 bits per heavy atom. The van der Waals surface area contributed by atoms with Gasteiger partial charge in [0.25, 0.3) is 5.91 Å². The van der Waals surface area contributed by atoms with Crippen molar-refractivity contribution in [2.45, 2.75) is 38.6 Å². The SMILES string of the molecule is C[C@@H]1CCc2[nH]c3ccc(C(=O)N[C@@H]4CCS(=O)(=O)C4)cc3c2C1. The first-order valence-corrected chi connectivity index (χ1v) is 10.4. The van der Waals surface area contributed by atoms with Gasteiger partial charge in [-0.25, -0.2) is 8.42 Å². The lowest BCUT2D eigenvalue weighted by molar-refractivity contribution is 0.0941. The number of aryl methyl sites for hydroxylation is 1. The molecule has 4 rings (SSSR count). The maximum absolute atomic E-state index is 12.5. The minimum absolute atomic E-state index is 0.0536. The summed E-state index contributed by atoms with van der Waals surface area (Å²) in [5.74, 6) is 0.702. The van der Waals surface area contributed by atoms with E-state index in [1.165, 1.54) is 17.7 Å². The molecule has 2 aliphatic rings. The minimum atomic E-state index is -2.99. The number of fused-ring (bicyclic) bond motifs is 3. The number of aromatic nitrogens is 1. The van der Waals surface area contributed by atoms with Crippen LogP contribution in [0.5, 0.6) is 0 Å². The van der Waals surface area contributed by atoms with Gasteiger partial charge in [-0.15, -0.1) is 0 Å². The molecular formula is C18H22N2O3S. The van der Waals surface area contributed by atoms with Gasteiger partial charge in [0.2, 0.25) is 0 Å². The quantitative estimate of drug-likeness (QED) is 0.875. The standard InChI is InChI=1S/C18H22N2O3S/c1-11-2-4-16-14(8-11)15-9-12(3-5-17(15)20-16)18(21)19-13-6-7-24(22,23)10-13/h3,5,9,11,13,20H,2,4,6-8,10H2,1H3,(H,19,21)/t11-,13-/m1/s1. The van der Waals surface area contributed by atoms with E-state index in [-0.39, 0.29) is 23.5 Å². The summed E-state index contributed by atoms with van der Waals surface area (Å²) in [6, 6.07) is 5.45. The highest BCUT2D eigenvalue weighted by Gasteiger charge is 2.29. The summed E-state index contributed by atoms with van der Waals surface area (Å²) >= 11 is 0. The lowest BCUT2D eigenvalue weighted by atomic mass is 9.87. The fourth-order valence-electron chi connectivity index (χ4n) is 3.91. The third-order valence-electron chi connectivity index (χ3n) is 5.26. The zero-order valence-electron chi connectivity index (χ0n) is 13.8. The topological polar surface area (TPSA) is 79.0 Å². The molecule has 2 heterocycles. The van der Waals surface area contributed by atoms with Gasteiger partial charge in [-0.3, -0.25) is 4.79 Å². The van der Waals surface area contributed by atoms with E-state index in [9.17, 15) is 13.2 Å². The highest BCUT2D eigenvalue weighted by molar-refractivity contribution is 7.91. The molecule has 128 valence electrons. The minimum Gasteiger partial charge on any atom is -0.358 e. The summed E-state index contributed by atoms with van der Waals surface area (Å²) < 4.78 is 23.1. The molecule has 1 aromatic carbocycles. The van der Waals surface area contributed by atoms with E-state index in [2.05, 4.69) is 17.2 Å². The highest BCUT2D eigenvalue weighted by Crippen LogP contribution is 2.32. The van der Waals surface area contributed by atoms with Gasteiger partial charge in [0.1, 0.15) is 0 Å². The summed E-state index contributed by atoms with van der Waals surface area (Å²) in [5, 5.41) is 4.00. The van der Waals surface area contributed by atoms with Crippen molar-refractivity contribution in [2.75, 3.05) is 11.5 Å². The van der Waals surface area contributed by atoms with Crippen LogP contribution in [0.25, 0.3) is 10.9 Å². The Kier molecular flexibility index (Phi) is 3.67. The van der Waals surface area contributed by atoms with Crippen molar-refractivity contribution in [3.05, 3.63) is 35.0 Å². The van der Waals surface area contributed by atoms with E-state index in [4.69, 9.17) is 0 Å². The Balaban J connectivity index is 1.60. The van der Waals surface area contributed by atoms with Crippen LogP contribution in [0, 0.1) is 5.92 Å². The first-order chi connectivity index (χ1) is 11.4. The van der Waals surface area contributed by atoms with E-state index in [1.54, 1.807) is 0 Å². The molecule has 0 radical (unpaired) electrons. The van der Waals surface area contributed by atoms with Crippen molar-refractivity contribution in [1.29, 1.82) is 0 Å². The van der Waals surface area contributed by atoms with Gasteiger partial charge in [-0.05, 0) is 55.4 Å².